The van der Waals surface area contributed by atoms with Gasteiger partial charge in [-0.3, -0.25) is 4.79 Å². The molecule has 1 aliphatic heterocycles. The normalized spacial score (nSPS) is 13.9. The summed E-state index contributed by atoms with van der Waals surface area (Å²) in [4.78, 5) is 12.5. The minimum atomic E-state index is 0.117. The van der Waals surface area contributed by atoms with Crippen LogP contribution in [0.1, 0.15) is 41.4 Å². The second-order valence-corrected chi connectivity index (χ2v) is 6.44. The van der Waals surface area contributed by atoms with Crippen molar-refractivity contribution in [3.63, 3.8) is 0 Å². The zero-order chi connectivity index (χ0) is 17.4. The number of aryl methyl sites for hydroxylation is 1. The zero-order valence-corrected chi connectivity index (χ0v) is 14.6. The van der Waals surface area contributed by atoms with Crippen LogP contribution in [0, 0.1) is 0 Å². The highest BCUT2D eigenvalue weighted by Crippen LogP contribution is 2.37. The summed E-state index contributed by atoms with van der Waals surface area (Å²) < 4.78 is 7.60. The molecule has 126 valence electrons. The standard InChI is InChI=1S/C22H21NO2/c1-15(24)21-19-8-3-4-9-20(19)23-14-6-5-7-18(22(21)23)16-10-12-17(25-2)13-11-16/h3-4,7-13H,5-6,14H2,1-2H3. The lowest BCUT2D eigenvalue weighted by atomic mass is 9.96. The summed E-state index contributed by atoms with van der Waals surface area (Å²) in [6.07, 6.45) is 4.35. The van der Waals surface area contributed by atoms with Gasteiger partial charge in [-0.25, -0.2) is 0 Å². The van der Waals surface area contributed by atoms with E-state index in [2.05, 4.69) is 34.9 Å². The van der Waals surface area contributed by atoms with Gasteiger partial charge < -0.3 is 9.30 Å². The number of hydrogen-bond acceptors (Lipinski definition) is 2. The Kier molecular flexibility index (Phi) is 3.92. The summed E-state index contributed by atoms with van der Waals surface area (Å²) in [5, 5.41) is 1.05. The number of nitrogens with zero attached hydrogens (tertiary/aromatic N) is 1. The first kappa shape index (κ1) is 15.7. The van der Waals surface area contributed by atoms with Crippen LogP contribution in [0.5, 0.6) is 5.75 Å². The number of Topliss-reactive ketones (excluding diaryl/α,β-unsaturated/α-hetero) is 1. The lowest BCUT2D eigenvalue weighted by Gasteiger charge is -2.13. The number of aromatic nitrogens is 1. The summed E-state index contributed by atoms with van der Waals surface area (Å²) in [6, 6.07) is 16.3. The highest BCUT2D eigenvalue weighted by atomic mass is 16.5. The first-order chi connectivity index (χ1) is 12.2. The van der Waals surface area contributed by atoms with Crippen molar-refractivity contribution in [2.45, 2.75) is 26.3 Å². The van der Waals surface area contributed by atoms with Gasteiger partial charge in [0.1, 0.15) is 5.75 Å². The number of carbonyl (C=O) groups excluding carboxylic acids is 1. The number of allylic oxidation sites excluding steroid dienone is 1. The Hall–Kier alpha value is -2.81. The predicted molar refractivity (Wildman–Crippen MR) is 101 cm³/mol. The van der Waals surface area contributed by atoms with E-state index in [1.807, 2.05) is 24.3 Å². The van der Waals surface area contributed by atoms with Crippen molar-refractivity contribution >= 4 is 22.3 Å². The van der Waals surface area contributed by atoms with Crippen molar-refractivity contribution in [1.29, 1.82) is 0 Å². The number of rotatable bonds is 3. The number of methoxy groups -OCH3 is 1. The Morgan fingerprint density at radius 2 is 1.84 bits per heavy atom. The van der Waals surface area contributed by atoms with Crippen LogP contribution < -0.4 is 4.74 Å². The molecule has 1 aliphatic rings. The first-order valence-corrected chi connectivity index (χ1v) is 8.68. The molecule has 0 radical (unpaired) electrons. The van der Waals surface area contributed by atoms with Crippen LogP contribution in [-0.2, 0) is 6.54 Å². The maximum Gasteiger partial charge on any atom is 0.162 e. The van der Waals surface area contributed by atoms with E-state index in [4.69, 9.17) is 4.74 Å². The molecule has 25 heavy (non-hydrogen) atoms. The molecule has 0 saturated carbocycles. The first-order valence-electron chi connectivity index (χ1n) is 8.68. The van der Waals surface area contributed by atoms with Crippen molar-refractivity contribution in [3.8, 4) is 5.75 Å². The zero-order valence-electron chi connectivity index (χ0n) is 14.6. The van der Waals surface area contributed by atoms with Crippen molar-refractivity contribution in [2.75, 3.05) is 7.11 Å². The molecular formula is C22H21NO2. The van der Waals surface area contributed by atoms with Crippen LogP contribution in [0.15, 0.2) is 54.6 Å². The van der Waals surface area contributed by atoms with E-state index in [1.165, 1.54) is 0 Å². The van der Waals surface area contributed by atoms with Crippen LogP contribution in [0.4, 0.5) is 0 Å². The van der Waals surface area contributed by atoms with E-state index in [1.54, 1.807) is 14.0 Å². The molecule has 0 atom stereocenters. The SMILES string of the molecule is COc1ccc(C2=CCCCn3c2c(C(C)=O)c2ccccc23)cc1. The number of hydrogen-bond donors (Lipinski definition) is 0. The fourth-order valence-electron chi connectivity index (χ4n) is 3.79. The van der Waals surface area contributed by atoms with Crippen molar-refractivity contribution in [3.05, 3.63) is 71.4 Å². The molecular weight excluding hydrogens is 310 g/mol. The fourth-order valence-corrected chi connectivity index (χ4v) is 3.79. The Balaban J connectivity index is 2.00. The van der Waals surface area contributed by atoms with Crippen molar-refractivity contribution < 1.29 is 9.53 Å². The van der Waals surface area contributed by atoms with Gasteiger partial charge in [-0.1, -0.05) is 36.4 Å². The Morgan fingerprint density at radius 1 is 1.08 bits per heavy atom. The van der Waals surface area contributed by atoms with E-state index in [9.17, 15) is 4.79 Å². The van der Waals surface area contributed by atoms with Gasteiger partial charge in [0.15, 0.2) is 5.78 Å². The van der Waals surface area contributed by atoms with Crippen molar-refractivity contribution in [1.82, 2.24) is 4.57 Å². The maximum absolute atomic E-state index is 12.5. The minimum Gasteiger partial charge on any atom is -0.497 e. The lowest BCUT2D eigenvalue weighted by Crippen LogP contribution is -2.05. The quantitative estimate of drug-likeness (QED) is 0.627. The Morgan fingerprint density at radius 3 is 2.56 bits per heavy atom. The molecule has 0 fully saturated rings. The molecule has 0 unspecified atom stereocenters. The number of carbonyl (C=O) groups is 1. The summed E-state index contributed by atoms with van der Waals surface area (Å²) in [7, 11) is 1.67. The summed E-state index contributed by atoms with van der Waals surface area (Å²) >= 11 is 0. The van der Waals surface area contributed by atoms with E-state index < -0.39 is 0 Å². The third kappa shape index (κ3) is 2.56. The monoisotopic (exact) mass is 331 g/mol. The molecule has 0 spiro atoms. The molecule has 3 nitrogen and oxygen atoms in total. The third-order valence-corrected chi connectivity index (χ3v) is 4.91. The van der Waals surface area contributed by atoms with Crippen LogP contribution in [-0.4, -0.2) is 17.5 Å². The number of ketones is 1. The topological polar surface area (TPSA) is 31.2 Å². The van der Waals surface area contributed by atoms with Crippen LogP contribution in [0.25, 0.3) is 16.5 Å². The van der Waals surface area contributed by atoms with E-state index in [0.717, 1.165) is 58.4 Å². The summed E-state index contributed by atoms with van der Waals surface area (Å²) in [5.74, 6) is 0.955. The second kappa shape index (κ2) is 6.25. The van der Waals surface area contributed by atoms with Gasteiger partial charge in [-0.15, -0.1) is 0 Å². The predicted octanol–water partition coefficient (Wildman–Crippen LogP) is 5.08. The number of para-hydroxylation sites is 1. The molecule has 3 heteroatoms. The minimum absolute atomic E-state index is 0.117. The third-order valence-electron chi connectivity index (χ3n) is 4.91. The molecule has 4 rings (SSSR count). The van der Waals surface area contributed by atoms with Crippen molar-refractivity contribution in [2.24, 2.45) is 0 Å². The van der Waals surface area contributed by atoms with Crippen LogP contribution in [0.2, 0.25) is 0 Å². The number of fused-ring (bicyclic) bond motifs is 3. The van der Waals surface area contributed by atoms with Gasteiger partial charge in [0.2, 0.25) is 0 Å². The Bertz CT molecular complexity index is 977. The highest BCUT2D eigenvalue weighted by Gasteiger charge is 2.24. The highest BCUT2D eigenvalue weighted by molar-refractivity contribution is 6.12. The van der Waals surface area contributed by atoms with Gasteiger partial charge in [0.05, 0.1) is 18.4 Å². The average Bonchev–Trinajstić information content (AvgIpc) is 2.81. The van der Waals surface area contributed by atoms with Gasteiger partial charge in [0.25, 0.3) is 0 Å². The molecule has 3 aromatic rings. The van der Waals surface area contributed by atoms with Gasteiger partial charge >= 0.3 is 0 Å². The maximum atomic E-state index is 12.5. The molecule has 0 amide bonds. The smallest absolute Gasteiger partial charge is 0.162 e. The van der Waals surface area contributed by atoms with Gasteiger partial charge in [-0.05, 0) is 43.5 Å². The summed E-state index contributed by atoms with van der Waals surface area (Å²) in [6.45, 7) is 2.60. The largest absolute Gasteiger partial charge is 0.497 e. The molecule has 2 heterocycles. The number of benzene rings is 2. The second-order valence-electron chi connectivity index (χ2n) is 6.44. The van der Waals surface area contributed by atoms with Crippen LogP contribution >= 0.6 is 0 Å². The molecule has 0 bridgehead atoms. The van der Waals surface area contributed by atoms with E-state index in [0.29, 0.717) is 0 Å². The molecule has 0 aliphatic carbocycles. The van der Waals surface area contributed by atoms with Gasteiger partial charge in [0, 0.05) is 23.0 Å². The average molecular weight is 331 g/mol. The summed E-state index contributed by atoms with van der Waals surface area (Å²) in [5.41, 5.74) is 5.29. The van der Waals surface area contributed by atoms with Crippen LogP contribution in [0.3, 0.4) is 0 Å². The number of ether oxygens (including phenoxy) is 1. The molecule has 1 aromatic heterocycles. The van der Waals surface area contributed by atoms with E-state index in [-0.39, 0.29) is 5.78 Å². The molecule has 0 N–H and O–H groups in total. The van der Waals surface area contributed by atoms with Gasteiger partial charge in [-0.2, -0.15) is 0 Å². The fraction of sp³-hybridized carbons (Fsp3) is 0.227. The Labute approximate surface area is 147 Å². The lowest BCUT2D eigenvalue weighted by molar-refractivity contribution is 0.101. The molecule has 0 saturated heterocycles. The molecule has 2 aromatic carbocycles. The van der Waals surface area contributed by atoms with E-state index >= 15 is 0 Å².